The zero-order valence-electron chi connectivity index (χ0n) is 12.2. The average Bonchev–Trinajstić information content (AvgIpc) is 2.93. The molecule has 0 fully saturated rings. The van der Waals surface area contributed by atoms with Crippen molar-refractivity contribution in [3.63, 3.8) is 0 Å². The molecule has 2 aromatic rings. The molecule has 10 heteroatoms. The Morgan fingerprint density at radius 2 is 1.56 bits per heavy atom. The van der Waals surface area contributed by atoms with E-state index in [2.05, 4.69) is 0 Å². The average molecular weight is 368 g/mol. The highest BCUT2D eigenvalue weighted by Gasteiger charge is 2.37. The number of alkyl halides is 6. The second kappa shape index (κ2) is 6.79. The first-order valence-corrected chi connectivity index (χ1v) is 6.65. The molecule has 25 heavy (non-hydrogen) atoms. The van der Waals surface area contributed by atoms with Gasteiger partial charge in [-0.05, 0) is 30.3 Å². The van der Waals surface area contributed by atoms with Crippen molar-refractivity contribution in [3.8, 4) is 11.3 Å². The largest absolute Gasteiger partial charge is 0.480 e. The Bertz CT molecular complexity index is 728. The van der Waals surface area contributed by atoms with Crippen LogP contribution in [0.15, 0.2) is 34.7 Å². The maximum Gasteiger partial charge on any atom is 0.416 e. The molecule has 0 bridgehead atoms. The number of rotatable bonds is 5. The van der Waals surface area contributed by atoms with E-state index in [1.165, 1.54) is 12.1 Å². The van der Waals surface area contributed by atoms with Gasteiger partial charge in [-0.3, -0.25) is 0 Å². The summed E-state index contributed by atoms with van der Waals surface area (Å²) in [6.07, 6.45) is -9.92. The van der Waals surface area contributed by atoms with Crippen molar-refractivity contribution in [2.45, 2.75) is 19.0 Å². The molecule has 0 aliphatic heterocycles. The molecule has 1 heterocycles. The number of halogens is 6. The smallest absolute Gasteiger partial charge is 0.416 e. The summed E-state index contributed by atoms with van der Waals surface area (Å²) in [4.78, 5) is 10.3. The summed E-state index contributed by atoms with van der Waals surface area (Å²) < 4.78 is 86.8. The number of carboxylic acids is 1. The molecule has 1 aromatic heterocycles. The number of hydrogen-bond donors (Lipinski definition) is 1. The molecule has 0 radical (unpaired) electrons. The standard InChI is InChI=1S/C15H10F6O4/c16-14(17,18)9-3-8(4-10(5-9)15(19,20)21)12-2-1-11(25-12)6-24-7-13(22)23/h1-5H,6-7H2,(H,22,23). The van der Waals surface area contributed by atoms with Crippen LogP contribution in [0.3, 0.4) is 0 Å². The van der Waals surface area contributed by atoms with Gasteiger partial charge in [-0.25, -0.2) is 4.79 Å². The van der Waals surface area contributed by atoms with Crippen molar-refractivity contribution >= 4 is 5.97 Å². The normalized spacial score (nSPS) is 12.4. The molecule has 0 amide bonds. The van der Waals surface area contributed by atoms with Gasteiger partial charge in [0.25, 0.3) is 0 Å². The van der Waals surface area contributed by atoms with Crippen LogP contribution in [0.25, 0.3) is 11.3 Å². The minimum absolute atomic E-state index is 0.0172. The topological polar surface area (TPSA) is 59.7 Å². The quantitative estimate of drug-likeness (QED) is 0.785. The van der Waals surface area contributed by atoms with Gasteiger partial charge in [0.2, 0.25) is 0 Å². The number of carbonyl (C=O) groups is 1. The first-order chi connectivity index (χ1) is 11.5. The Hall–Kier alpha value is -2.49. The fraction of sp³-hybridized carbons (Fsp3) is 0.267. The van der Waals surface area contributed by atoms with Crippen molar-refractivity contribution in [3.05, 3.63) is 47.2 Å². The third-order valence-corrected chi connectivity index (χ3v) is 3.00. The molecule has 0 unspecified atom stereocenters. The molecule has 4 nitrogen and oxygen atoms in total. The van der Waals surface area contributed by atoms with Gasteiger partial charge >= 0.3 is 18.3 Å². The van der Waals surface area contributed by atoms with E-state index in [0.29, 0.717) is 12.1 Å². The second-order valence-corrected chi connectivity index (χ2v) is 4.95. The maximum absolute atomic E-state index is 12.8. The second-order valence-electron chi connectivity index (χ2n) is 4.95. The summed E-state index contributed by atoms with van der Waals surface area (Å²) in [5, 5.41) is 8.42. The predicted octanol–water partition coefficient (Wildman–Crippen LogP) is 4.59. The Kier molecular flexibility index (Phi) is 5.12. The minimum Gasteiger partial charge on any atom is -0.480 e. The molecule has 0 atom stereocenters. The van der Waals surface area contributed by atoms with Gasteiger partial charge in [0.1, 0.15) is 24.7 Å². The fourth-order valence-corrected chi connectivity index (χ4v) is 1.95. The number of benzene rings is 1. The molecule has 0 saturated heterocycles. The molecule has 0 spiro atoms. The van der Waals surface area contributed by atoms with Crippen LogP contribution in [0.2, 0.25) is 0 Å². The molecule has 2 rings (SSSR count). The highest BCUT2D eigenvalue weighted by molar-refractivity contribution is 5.68. The van der Waals surface area contributed by atoms with Crippen LogP contribution in [0.4, 0.5) is 26.3 Å². The van der Waals surface area contributed by atoms with Gasteiger partial charge in [-0.1, -0.05) is 0 Å². The number of hydrogen-bond acceptors (Lipinski definition) is 3. The lowest BCUT2D eigenvalue weighted by molar-refractivity contribution is -0.144. The summed E-state index contributed by atoms with van der Waals surface area (Å²) >= 11 is 0. The van der Waals surface area contributed by atoms with Gasteiger partial charge in [0, 0.05) is 5.56 Å². The summed E-state index contributed by atoms with van der Waals surface area (Å²) in [6, 6.07) is 3.54. The van der Waals surface area contributed by atoms with Gasteiger partial charge in [0.15, 0.2) is 0 Å². The van der Waals surface area contributed by atoms with Crippen LogP contribution in [-0.2, 0) is 28.5 Å². The zero-order valence-corrected chi connectivity index (χ0v) is 12.2. The van der Waals surface area contributed by atoms with Gasteiger partial charge < -0.3 is 14.3 Å². The van der Waals surface area contributed by atoms with Crippen LogP contribution in [0, 0.1) is 0 Å². The molecular formula is C15H10F6O4. The monoisotopic (exact) mass is 368 g/mol. The summed E-state index contributed by atoms with van der Waals surface area (Å²) in [6.45, 7) is -0.921. The van der Waals surface area contributed by atoms with E-state index in [9.17, 15) is 31.1 Å². The molecule has 1 N–H and O–H groups in total. The molecule has 0 saturated carbocycles. The number of carboxylic acid groups (broad SMARTS) is 1. The number of aliphatic carboxylic acids is 1. The van der Waals surface area contributed by atoms with E-state index in [-0.39, 0.29) is 24.2 Å². The van der Waals surface area contributed by atoms with Crippen molar-refractivity contribution in [2.24, 2.45) is 0 Å². The minimum atomic E-state index is -4.96. The van der Waals surface area contributed by atoms with Crippen LogP contribution in [0.5, 0.6) is 0 Å². The third-order valence-electron chi connectivity index (χ3n) is 3.00. The van der Waals surface area contributed by atoms with Crippen LogP contribution < -0.4 is 0 Å². The first kappa shape index (κ1) is 18.8. The highest BCUT2D eigenvalue weighted by atomic mass is 19.4. The predicted molar refractivity (Wildman–Crippen MR) is 71.4 cm³/mol. The van der Waals surface area contributed by atoms with E-state index in [0.717, 1.165) is 0 Å². The first-order valence-electron chi connectivity index (χ1n) is 6.65. The van der Waals surface area contributed by atoms with Crippen LogP contribution >= 0.6 is 0 Å². The van der Waals surface area contributed by atoms with Crippen molar-refractivity contribution in [1.29, 1.82) is 0 Å². The zero-order chi connectivity index (χ0) is 18.8. The third kappa shape index (κ3) is 4.99. The lowest BCUT2D eigenvalue weighted by atomic mass is 10.0. The Balaban J connectivity index is 2.35. The Morgan fingerprint density at radius 1 is 1.00 bits per heavy atom. The van der Waals surface area contributed by atoms with Crippen molar-refractivity contribution in [2.75, 3.05) is 6.61 Å². The van der Waals surface area contributed by atoms with E-state index >= 15 is 0 Å². The molecule has 1 aromatic carbocycles. The van der Waals surface area contributed by atoms with Gasteiger partial charge in [-0.2, -0.15) is 26.3 Å². The van der Waals surface area contributed by atoms with E-state index in [4.69, 9.17) is 14.3 Å². The summed E-state index contributed by atoms with van der Waals surface area (Å²) in [5.74, 6) is -1.41. The molecule has 0 aliphatic rings. The molecule has 136 valence electrons. The van der Waals surface area contributed by atoms with Gasteiger partial charge in [-0.15, -0.1) is 0 Å². The summed E-state index contributed by atoms with van der Waals surface area (Å²) in [7, 11) is 0. The van der Waals surface area contributed by atoms with Crippen molar-refractivity contribution < 1.29 is 45.4 Å². The highest BCUT2D eigenvalue weighted by Crippen LogP contribution is 2.38. The van der Waals surface area contributed by atoms with Crippen LogP contribution in [-0.4, -0.2) is 17.7 Å². The lowest BCUT2D eigenvalue weighted by Gasteiger charge is -2.13. The van der Waals surface area contributed by atoms with E-state index in [1.54, 1.807) is 0 Å². The summed E-state index contributed by atoms with van der Waals surface area (Å²) in [5.41, 5.74) is -3.33. The molecular weight excluding hydrogens is 358 g/mol. The lowest BCUT2D eigenvalue weighted by Crippen LogP contribution is -2.11. The van der Waals surface area contributed by atoms with Crippen molar-refractivity contribution in [1.82, 2.24) is 0 Å². The number of ether oxygens (including phenoxy) is 1. The molecule has 0 aliphatic carbocycles. The SMILES string of the molecule is O=C(O)COCc1ccc(-c2cc(C(F)(F)F)cc(C(F)(F)F)c2)o1. The Labute approximate surface area is 136 Å². The van der Waals surface area contributed by atoms with Gasteiger partial charge in [0.05, 0.1) is 11.1 Å². The fourth-order valence-electron chi connectivity index (χ4n) is 1.95. The number of furan rings is 1. The Morgan fingerprint density at radius 3 is 2.04 bits per heavy atom. The van der Waals surface area contributed by atoms with E-state index in [1.807, 2.05) is 0 Å². The van der Waals surface area contributed by atoms with Crippen LogP contribution in [0.1, 0.15) is 16.9 Å². The van der Waals surface area contributed by atoms with E-state index < -0.39 is 41.6 Å². The maximum atomic E-state index is 12.8.